The predicted molar refractivity (Wildman–Crippen MR) is 65.8 cm³/mol. The van der Waals surface area contributed by atoms with Crippen LogP contribution in [0.1, 0.15) is 11.1 Å². The Morgan fingerprint density at radius 2 is 1.43 bits per heavy atom. The molecule has 0 atom stereocenters. The highest BCUT2D eigenvalue weighted by Gasteiger charge is 2.38. The summed E-state index contributed by atoms with van der Waals surface area (Å²) in [5.74, 6) is 0. The van der Waals surface area contributed by atoms with Crippen LogP contribution >= 0.6 is 0 Å². The van der Waals surface area contributed by atoms with Crippen LogP contribution in [0, 0.1) is 0 Å². The largest absolute Gasteiger partial charge is 0.417 e. The molecule has 7 heteroatoms. The number of fused-ring (bicyclic) bond motifs is 3. The second-order valence-electron chi connectivity index (χ2n) is 4.61. The monoisotopic (exact) mass is 303 g/mol. The number of halogens is 6. The fourth-order valence-corrected chi connectivity index (χ4v) is 2.37. The summed E-state index contributed by atoms with van der Waals surface area (Å²) < 4.78 is 77.6. The molecule has 0 saturated heterocycles. The first-order valence-electron chi connectivity index (χ1n) is 5.87. The Labute approximate surface area is 114 Å². The number of benzene rings is 2. The Morgan fingerprint density at radius 3 is 2.05 bits per heavy atom. The highest BCUT2D eigenvalue weighted by molar-refractivity contribution is 6.09. The predicted octanol–water partition coefficient (Wildman–Crippen LogP) is 5.36. The Bertz CT molecular complexity index is 825. The van der Waals surface area contributed by atoms with Crippen molar-refractivity contribution in [3.8, 4) is 0 Å². The lowest BCUT2D eigenvalue weighted by molar-refractivity contribution is -0.142. The first-order chi connectivity index (χ1) is 9.68. The topological polar surface area (TPSA) is 15.8 Å². The van der Waals surface area contributed by atoms with Gasteiger partial charge in [-0.2, -0.15) is 26.3 Å². The summed E-state index contributed by atoms with van der Waals surface area (Å²) in [4.78, 5) is 2.60. The molecule has 0 saturated carbocycles. The maximum Gasteiger partial charge on any atom is 0.417 e. The fourth-order valence-electron chi connectivity index (χ4n) is 2.37. The zero-order valence-corrected chi connectivity index (χ0v) is 10.2. The number of aromatic nitrogens is 1. The second-order valence-corrected chi connectivity index (χ2v) is 4.61. The molecule has 0 radical (unpaired) electrons. The number of H-pyrrole nitrogens is 1. The Hall–Kier alpha value is -2.18. The van der Waals surface area contributed by atoms with Gasteiger partial charge in [0.25, 0.3) is 0 Å². The molecule has 0 bridgehead atoms. The van der Waals surface area contributed by atoms with E-state index >= 15 is 0 Å². The summed E-state index contributed by atoms with van der Waals surface area (Å²) >= 11 is 0. The van der Waals surface area contributed by atoms with Crippen molar-refractivity contribution in [3.05, 3.63) is 47.5 Å². The number of alkyl halides is 6. The highest BCUT2D eigenvalue weighted by Crippen LogP contribution is 2.42. The number of nitrogens with one attached hydrogen (secondary N) is 1. The first-order valence-corrected chi connectivity index (χ1v) is 5.87. The third kappa shape index (κ3) is 2.22. The number of para-hydroxylation sites is 1. The van der Waals surface area contributed by atoms with E-state index in [2.05, 4.69) is 4.98 Å². The average Bonchev–Trinajstić information content (AvgIpc) is 2.73. The lowest BCUT2D eigenvalue weighted by Crippen LogP contribution is -2.11. The minimum Gasteiger partial charge on any atom is -0.354 e. The molecule has 3 rings (SSSR count). The minimum absolute atomic E-state index is 0.155. The van der Waals surface area contributed by atoms with Gasteiger partial charge in [0, 0.05) is 21.8 Å². The summed E-state index contributed by atoms with van der Waals surface area (Å²) in [7, 11) is 0. The van der Waals surface area contributed by atoms with Crippen molar-refractivity contribution in [1.29, 1.82) is 0 Å². The van der Waals surface area contributed by atoms with Gasteiger partial charge >= 0.3 is 12.4 Å². The lowest BCUT2D eigenvalue weighted by Gasteiger charge is -2.13. The molecule has 110 valence electrons. The fraction of sp³-hybridized carbons (Fsp3) is 0.143. The van der Waals surface area contributed by atoms with E-state index in [1.165, 1.54) is 18.2 Å². The van der Waals surface area contributed by atoms with Crippen molar-refractivity contribution in [3.63, 3.8) is 0 Å². The van der Waals surface area contributed by atoms with Crippen molar-refractivity contribution in [1.82, 2.24) is 4.98 Å². The Balaban J connectivity index is 2.48. The molecule has 21 heavy (non-hydrogen) atoms. The molecule has 0 spiro atoms. The first kappa shape index (κ1) is 13.8. The Kier molecular flexibility index (Phi) is 2.73. The van der Waals surface area contributed by atoms with E-state index < -0.39 is 23.5 Å². The van der Waals surface area contributed by atoms with Crippen LogP contribution < -0.4 is 0 Å². The molecule has 0 aliphatic carbocycles. The number of aromatic amines is 1. The quantitative estimate of drug-likeness (QED) is 0.538. The summed E-state index contributed by atoms with van der Waals surface area (Å²) in [5.41, 5.74) is -2.44. The van der Waals surface area contributed by atoms with Gasteiger partial charge in [0.2, 0.25) is 0 Å². The number of hydrogen-bond acceptors (Lipinski definition) is 0. The van der Waals surface area contributed by atoms with Crippen LogP contribution in [-0.2, 0) is 12.4 Å². The molecular formula is C14H7F6N. The molecule has 0 amide bonds. The highest BCUT2D eigenvalue weighted by atomic mass is 19.4. The Morgan fingerprint density at radius 1 is 0.762 bits per heavy atom. The van der Waals surface area contributed by atoms with Crippen LogP contribution in [0.15, 0.2) is 36.4 Å². The van der Waals surface area contributed by atoms with E-state index in [4.69, 9.17) is 0 Å². The summed E-state index contributed by atoms with van der Waals surface area (Å²) in [6, 6.07) is 6.94. The van der Waals surface area contributed by atoms with Gasteiger partial charge in [-0.1, -0.05) is 18.2 Å². The van der Waals surface area contributed by atoms with Crippen LogP contribution in [0.4, 0.5) is 26.3 Å². The molecule has 0 aliphatic rings. The van der Waals surface area contributed by atoms with E-state index in [1.807, 2.05) is 0 Å². The van der Waals surface area contributed by atoms with Gasteiger partial charge in [0.15, 0.2) is 0 Å². The second kappa shape index (κ2) is 4.16. The van der Waals surface area contributed by atoms with Gasteiger partial charge < -0.3 is 4.98 Å². The van der Waals surface area contributed by atoms with Gasteiger partial charge in [-0.3, -0.25) is 0 Å². The zero-order valence-electron chi connectivity index (χ0n) is 10.2. The molecule has 1 N–H and O–H groups in total. The summed E-state index contributed by atoms with van der Waals surface area (Å²) in [6.07, 6.45) is -9.71. The molecular weight excluding hydrogens is 296 g/mol. The third-order valence-corrected chi connectivity index (χ3v) is 3.24. The average molecular weight is 303 g/mol. The third-order valence-electron chi connectivity index (χ3n) is 3.24. The van der Waals surface area contributed by atoms with Crippen molar-refractivity contribution < 1.29 is 26.3 Å². The SMILES string of the molecule is FC(F)(F)c1cc(C(F)(F)F)c2c(c1)[nH]c1ccccc12. The van der Waals surface area contributed by atoms with Gasteiger partial charge in [0.05, 0.1) is 11.1 Å². The van der Waals surface area contributed by atoms with Crippen molar-refractivity contribution in [2.45, 2.75) is 12.4 Å². The van der Waals surface area contributed by atoms with E-state index in [-0.39, 0.29) is 22.4 Å². The van der Waals surface area contributed by atoms with E-state index in [0.29, 0.717) is 11.6 Å². The van der Waals surface area contributed by atoms with E-state index in [0.717, 1.165) is 0 Å². The van der Waals surface area contributed by atoms with Crippen LogP contribution in [0.3, 0.4) is 0 Å². The smallest absolute Gasteiger partial charge is 0.354 e. The molecule has 1 nitrogen and oxygen atoms in total. The number of rotatable bonds is 0. The van der Waals surface area contributed by atoms with Crippen LogP contribution in [-0.4, -0.2) is 4.98 Å². The lowest BCUT2D eigenvalue weighted by atomic mass is 10.0. The zero-order chi connectivity index (χ0) is 15.4. The van der Waals surface area contributed by atoms with Crippen LogP contribution in [0.2, 0.25) is 0 Å². The molecule has 0 aliphatic heterocycles. The van der Waals surface area contributed by atoms with Gasteiger partial charge in [-0.15, -0.1) is 0 Å². The molecule has 1 aromatic heterocycles. The van der Waals surface area contributed by atoms with Crippen molar-refractivity contribution in [2.75, 3.05) is 0 Å². The van der Waals surface area contributed by atoms with Gasteiger partial charge in [0.1, 0.15) is 0 Å². The molecule has 1 heterocycles. The maximum absolute atomic E-state index is 13.1. The van der Waals surface area contributed by atoms with Crippen LogP contribution in [0.5, 0.6) is 0 Å². The molecule has 2 aromatic carbocycles. The maximum atomic E-state index is 13.1. The normalized spacial score (nSPS) is 13.2. The molecule has 0 fully saturated rings. The van der Waals surface area contributed by atoms with E-state index in [9.17, 15) is 26.3 Å². The van der Waals surface area contributed by atoms with Gasteiger partial charge in [-0.05, 0) is 18.2 Å². The summed E-state index contributed by atoms with van der Waals surface area (Å²) in [5, 5.41) is -0.000325. The van der Waals surface area contributed by atoms with E-state index in [1.54, 1.807) is 6.07 Å². The standard InChI is InChI=1S/C14H7F6N/c15-13(16,17)7-5-9(14(18,19)20)12-8-3-1-2-4-10(8)21-11(12)6-7/h1-6,21H. The minimum atomic E-state index is -4.87. The number of hydrogen-bond donors (Lipinski definition) is 1. The molecule has 3 aromatic rings. The van der Waals surface area contributed by atoms with Crippen molar-refractivity contribution in [2.24, 2.45) is 0 Å². The molecule has 0 unspecified atom stereocenters. The van der Waals surface area contributed by atoms with Gasteiger partial charge in [-0.25, -0.2) is 0 Å². The van der Waals surface area contributed by atoms with Crippen molar-refractivity contribution >= 4 is 21.8 Å². The van der Waals surface area contributed by atoms with Crippen LogP contribution in [0.25, 0.3) is 21.8 Å². The summed E-state index contributed by atoms with van der Waals surface area (Å²) in [6.45, 7) is 0.